The minimum Gasteiger partial charge on any atom is -0.507 e. The van der Waals surface area contributed by atoms with Crippen molar-refractivity contribution in [3.63, 3.8) is 0 Å². The third-order valence-corrected chi connectivity index (χ3v) is 2.50. The van der Waals surface area contributed by atoms with Gasteiger partial charge in [-0.3, -0.25) is 0 Å². The van der Waals surface area contributed by atoms with Gasteiger partial charge in [-0.2, -0.15) is 0 Å². The van der Waals surface area contributed by atoms with Crippen LogP contribution in [0.5, 0.6) is 17.2 Å². The van der Waals surface area contributed by atoms with Gasteiger partial charge in [0, 0.05) is 0 Å². The average molecular weight is 225 g/mol. The van der Waals surface area contributed by atoms with Crippen molar-refractivity contribution in [2.45, 2.75) is 12.5 Å². The van der Waals surface area contributed by atoms with Gasteiger partial charge in [0.15, 0.2) is 11.5 Å². The van der Waals surface area contributed by atoms with Crippen LogP contribution in [0.25, 0.3) is 0 Å². The molecule has 5 heteroatoms. The van der Waals surface area contributed by atoms with Crippen molar-refractivity contribution >= 4 is 0 Å². The van der Waals surface area contributed by atoms with Crippen LogP contribution in [0.4, 0.5) is 0 Å². The van der Waals surface area contributed by atoms with Gasteiger partial charge in [-0.25, -0.2) is 0 Å². The molecule has 0 aromatic heterocycles. The second-order valence-corrected chi connectivity index (χ2v) is 3.62. The van der Waals surface area contributed by atoms with Crippen molar-refractivity contribution < 1.29 is 19.7 Å². The van der Waals surface area contributed by atoms with E-state index in [1.165, 1.54) is 6.07 Å². The maximum atomic E-state index is 9.88. The van der Waals surface area contributed by atoms with E-state index in [9.17, 15) is 10.2 Å². The third kappa shape index (κ3) is 1.91. The third-order valence-electron chi connectivity index (χ3n) is 2.50. The van der Waals surface area contributed by atoms with E-state index in [0.717, 1.165) is 0 Å². The van der Waals surface area contributed by atoms with Gasteiger partial charge in [0.2, 0.25) is 0 Å². The van der Waals surface area contributed by atoms with E-state index < -0.39 is 6.10 Å². The molecule has 1 heterocycles. The lowest BCUT2D eigenvalue weighted by atomic mass is 10.0. The molecule has 0 radical (unpaired) electrons. The molecule has 5 nitrogen and oxygen atoms in total. The van der Waals surface area contributed by atoms with Gasteiger partial charge < -0.3 is 25.4 Å². The molecule has 0 fully saturated rings. The fourth-order valence-corrected chi connectivity index (χ4v) is 1.75. The Morgan fingerprint density at radius 3 is 2.81 bits per heavy atom. The molecule has 88 valence electrons. The zero-order valence-electron chi connectivity index (χ0n) is 8.85. The quantitative estimate of drug-likeness (QED) is 0.699. The lowest BCUT2D eigenvalue weighted by Crippen LogP contribution is -2.18. The Hall–Kier alpha value is -1.46. The van der Waals surface area contributed by atoms with Crippen LogP contribution in [0, 0.1) is 0 Å². The van der Waals surface area contributed by atoms with Crippen molar-refractivity contribution in [3.8, 4) is 17.2 Å². The monoisotopic (exact) mass is 225 g/mol. The molecular formula is C11H15NO4. The van der Waals surface area contributed by atoms with Gasteiger partial charge in [0.05, 0.1) is 11.7 Å². The summed E-state index contributed by atoms with van der Waals surface area (Å²) >= 11 is 0. The molecule has 0 aliphatic carbocycles. The summed E-state index contributed by atoms with van der Waals surface area (Å²) in [7, 11) is 0. The van der Waals surface area contributed by atoms with Crippen molar-refractivity contribution in [3.05, 3.63) is 17.7 Å². The van der Waals surface area contributed by atoms with Crippen molar-refractivity contribution in [1.29, 1.82) is 0 Å². The molecule has 0 spiro atoms. The van der Waals surface area contributed by atoms with Gasteiger partial charge in [0.1, 0.15) is 19.0 Å². The number of ether oxygens (including phenoxy) is 2. The number of benzene rings is 1. The lowest BCUT2D eigenvalue weighted by molar-refractivity contribution is 0.139. The molecular weight excluding hydrogens is 210 g/mol. The number of hydrogen-bond acceptors (Lipinski definition) is 5. The summed E-state index contributed by atoms with van der Waals surface area (Å²) in [6.45, 7) is 1.23. The molecule has 1 aliphatic heterocycles. The number of phenolic OH excluding ortho intramolecular Hbond substituents is 1. The molecule has 2 rings (SSSR count). The summed E-state index contributed by atoms with van der Waals surface area (Å²) in [6, 6.07) is 3.12. The Labute approximate surface area is 93.4 Å². The highest BCUT2D eigenvalue weighted by Crippen LogP contribution is 2.42. The molecule has 16 heavy (non-hydrogen) atoms. The van der Waals surface area contributed by atoms with Crippen molar-refractivity contribution in [1.82, 2.24) is 0 Å². The zero-order chi connectivity index (χ0) is 11.5. The highest BCUT2D eigenvalue weighted by atomic mass is 16.6. The van der Waals surface area contributed by atoms with Crippen LogP contribution < -0.4 is 15.2 Å². The molecule has 0 amide bonds. The second kappa shape index (κ2) is 4.59. The zero-order valence-corrected chi connectivity index (χ0v) is 8.85. The minimum atomic E-state index is -0.832. The van der Waals surface area contributed by atoms with Crippen LogP contribution in [0.15, 0.2) is 12.1 Å². The largest absolute Gasteiger partial charge is 0.507 e. The Morgan fingerprint density at radius 1 is 1.31 bits per heavy atom. The van der Waals surface area contributed by atoms with E-state index in [2.05, 4.69) is 0 Å². The number of rotatable bonds is 3. The van der Waals surface area contributed by atoms with E-state index in [1.807, 2.05) is 0 Å². The predicted molar refractivity (Wildman–Crippen MR) is 57.7 cm³/mol. The van der Waals surface area contributed by atoms with E-state index in [-0.39, 0.29) is 5.75 Å². The van der Waals surface area contributed by atoms with Crippen molar-refractivity contribution in [2.24, 2.45) is 5.73 Å². The van der Waals surface area contributed by atoms with E-state index in [0.29, 0.717) is 43.2 Å². The molecule has 0 bridgehead atoms. The summed E-state index contributed by atoms with van der Waals surface area (Å²) in [5.41, 5.74) is 5.74. The molecule has 4 N–H and O–H groups in total. The molecule has 1 aromatic rings. The van der Waals surface area contributed by atoms with Crippen molar-refractivity contribution in [2.75, 3.05) is 19.8 Å². The maximum Gasteiger partial charge on any atom is 0.170 e. The summed E-state index contributed by atoms with van der Waals surface area (Å²) in [5.74, 6) is 0.979. The number of hydrogen-bond donors (Lipinski definition) is 3. The van der Waals surface area contributed by atoms with Gasteiger partial charge in [-0.15, -0.1) is 0 Å². The number of phenols is 1. The first-order valence-electron chi connectivity index (χ1n) is 5.23. The van der Waals surface area contributed by atoms with Gasteiger partial charge in [-0.05, 0) is 25.1 Å². The smallest absolute Gasteiger partial charge is 0.170 e. The number of nitrogens with two attached hydrogens (primary N) is 1. The number of aliphatic hydroxyl groups is 1. The van der Waals surface area contributed by atoms with E-state index in [1.54, 1.807) is 6.07 Å². The predicted octanol–water partition coefficient (Wildman–Crippen LogP) is 0.546. The van der Waals surface area contributed by atoms with Crippen LogP contribution in [-0.2, 0) is 0 Å². The fourth-order valence-electron chi connectivity index (χ4n) is 1.75. The van der Waals surface area contributed by atoms with Gasteiger partial charge in [-0.1, -0.05) is 0 Å². The van der Waals surface area contributed by atoms with Gasteiger partial charge >= 0.3 is 0 Å². The van der Waals surface area contributed by atoms with Crippen LogP contribution in [0.2, 0.25) is 0 Å². The standard InChI is InChI=1S/C11H15NO4/c12-4-3-8(14)10-7(13)1-2-9-11(10)16-6-5-15-9/h1-2,8,13-14H,3-6,12H2. The fraction of sp³-hybridized carbons (Fsp3) is 0.455. The Morgan fingerprint density at radius 2 is 2.06 bits per heavy atom. The second-order valence-electron chi connectivity index (χ2n) is 3.62. The highest BCUT2D eigenvalue weighted by Gasteiger charge is 2.23. The topological polar surface area (TPSA) is 84.9 Å². The van der Waals surface area contributed by atoms with Gasteiger partial charge in [0.25, 0.3) is 0 Å². The summed E-state index contributed by atoms with van der Waals surface area (Å²) in [4.78, 5) is 0. The molecule has 1 aliphatic rings. The SMILES string of the molecule is NCCC(O)c1c(O)ccc2c1OCCO2. The Balaban J connectivity index is 2.41. The van der Waals surface area contributed by atoms with Crippen LogP contribution in [0.1, 0.15) is 18.1 Å². The van der Waals surface area contributed by atoms with E-state index in [4.69, 9.17) is 15.2 Å². The minimum absolute atomic E-state index is 0.00481. The first kappa shape index (κ1) is 11.0. The highest BCUT2D eigenvalue weighted by molar-refractivity contribution is 5.55. The normalized spacial score (nSPS) is 15.9. The first-order chi connectivity index (χ1) is 7.74. The summed E-state index contributed by atoms with van der Waals surface area (Å²) in [6.07, 6.45) is -0.463. The van der Waals surface area contributed by atoms with Crippen LogP contribution >= 0.6 is 0 Å². The molecule has 1 unspecified atom stereocenters. The average Bonchev–Trinajstić information content (AvgIpc) is 2.29. The first-order valence-corrected chi connectivity index (χ1v) is 5.23. The number of fused-ring (bicyclic) bond motifs is 1. The molecule has 1 aromatic carbocycles. The Kier molecular flexibility index (Phi) is 3.17. The number of aromatic hydroxyl groups is 1. The maximum absolute atomic E-state index is 9.88. The molecule has 1 atom stereocenters. The molecule has 0 saturated heterocycles. The molecule has 0 saturated carbocycles. The number of aliphatic hydroxyl groups excluding tert-OH is 1. The van der Waals surface area contributed by atoms with Crippen LogP contribution in [0.3, 0.4) is 0 Å². The van der Waals surface area contributed by atoms with Crippen LogP contribution in [-0.4, -0.2) is 30.0 Å². The van der Waals surface area contributed by atoms with E-state index >= 15 is 0 Å². The summed E-state index contributed by atoms with van der Waals surface area (Å²) < 4.78 is 10.8. The Bertz CT molecular complexity index is 380. The lowest BCUT2D eigenvalue weighted by Gasteiger charge is -2.23. The summed E-state index contributed by atoms with van der Waals surface area (Å²) in [5, 5.41) is 19.6.